The number of nitrogens with one attached hydrogen (secondary N) is 3. The number of amides is 3. The van der Waals surface area contributed by atoms with Gasteiger partial charge >= 0.3 is 18.0 Å². The molecule has 1 aromatic heterocycles. The fraction of sp³-hybridized carbons (Fsp3) is 0.458. The van der Waals surface area contributed by atoms with Crippen LogP contribution in [0.3, 0.4) is 0 Å². The molecule has 2 aliphatic rings. The van der Waals surface area contributed by atoms with Gasteiger partial charge in [0.15, 0.2) is 11.4 Å². The molecule has 0 aliphatic carbocycles. The molecule has 2 aromatic rings. The molecule has 3 N–H and O–H groups in total. The zero-order valence-corrected chi connectivity index (χ0v) is 22.7. The lowest BCUT2D eigenvalue weighted by Gasteiger charge is -2.32. The maximum atomic E-state index is 13.6. The van der Waals surface area contributed by atoms with E-state index in [1.54, 1.807) is 12.2 Å². The molecule has 3 heterocycles. The van der Waals surface area contributed by atoms with Crippen molar-refractivity contribution in [1.29, 1.82) is 0 Å². The molecule has 3 atom stereocenters. The molecule has 0 radical (unpaired) electrons. The average Bonchev–Trinajstić information content (AvgIpc) is 3.35. The van der Waals surface area contributed by atoms with E-state index in [9.17, 15) is 40.4 Å². The van der Waals surface area contributed by atoms with E-state index in [4.69, 9.17) is 4.74 Å². The van der Waals surface area contributed by atoms with Gasteiger partial charge in [-0.2, -0.15) is 13.2 Å². The van der Waals surface area contributed by atoms with E-state index in [-0.39, 0.29) is 47.3 Å². The van der Waals surface area contributed by atoms with E-state index in [0.717, 1.165) is 4.90 Å². The summed E-state index contributed by atoms with van der Waals surface area (Å²) in [7, 11) is -2.89. The Labute approximate surface area is 226 Å². The van der Waals surface area contributed by atoms with Gasteiger partial charge in [0.2, 0.25) is 10.0 Å². The summed E-state index contributed by atoms with van der Waals surface area (Å²) in [5, 5.41) is 4.18. The van der Waals surface area contributed by atoms with Crippen LogP contribution < -0.4 is 20.1 Å². The second-order valence-electron chi connectivity index (χ2n) is 10.2. The van der Waals surface area contributed by atoms with E-state index in [1.165, 1.54) is 42.9 Å². The van der Waals surface area contributed by atoms with Crippen LogP contribution in [-0.2, 0) is 26.7 Å². The summed E-state index contributed by atoms with van der Waals surface area (Å²) in [6, 6.07) is 0.690. The number of rotatable bonds is 3. The fourth-order valence-corrected chi connectivity index (χ4v) is 6.14. The number of aryl methyl sites for hydroxylation is 2. The maximum Gasteiger partial charge on any atom is 0.408 e. The Kier molecular flexibility index (Phi) is 7.38. The van der Waals surface area contributed by atoms with Gasteiger partial charge in [-0.3, -0.25) is 14.4 Å². The number of ether oxygens (including phenoxy) is 1. The van der Waals surface area contributed by atoms with Gasteiger partial charge in [0.05, 0.1) is 6.61 Å². The zero-order chi connectivity index (χ0) is 29.8. The molecule has 11 nitrogen and oxygen atoms in total. The number of alkyl halides is 3. The highest BCUT2D eigenvalue weighted by atomic mass is 32.2. The predicted molar refractivity (Wildman–Crippen MR) is 132 cm³/mol. The van der Waals surface area contributed by atoms with Gasteiger partial charge in [-0.1, -0.05) is 6.92 Å². The number of sulfonamides is 1. The van der Waals surface area contributed by atoms with Crippen molar-refractivity contribution in [2.45, 2.75) is 43.9 Å². The summed E-state index contributed by atoms with van der Waals surface area (Å²) < 4.78 is 88.4. The Morgan fingerprint density at radius 1 is 1.25 bits per heavy atom. The smallest absolute Gasteiger partial charge is 0.408 e. The summed E-state index contributed by atoms with van der Waals surface area (Å²) in [6.07, 6.45) is -3.58. The first-order chi connectivity index (χ1) is 18.4. The number of carbonyl (C=O) groups excluding carboxylic acids is 3. The molecule has 1 unspecified atom stereocenters. The highest BCUT2D eigenvalue weighted by Gasteiger charge is 2.51. The minimum Gasteiger partial charge on any atom is -0.489 e. The molecule has 1 fully saturated rings. The molecule has 2 aliphatic heterocycles. The lowest BCUT2D eigenvalue weighted by molar-refractivity contribution is -0.162. The summed E-state index contributed by atoms with van der Waals surface area (Å²) in [4.78, 5) is 38.6. The summed E-state index contributed by atoms with van der Waals surface area (Å²) in [5.74, 6) is -4.19. The Hall–Kier alpha value is -3.66. The number of halogens is 4. The number of fused-ring (bicyclic) bond motifs is 2. The predicted octanol–water partition coefficient (Wildman–Crippen LogP) is 1.68. The van der Waals surface area contributed by atoms with E-state index in [0.29, 0.717) is 6.92 Å². The SMILES string of the molecule is Cc1cc(NC(=O)c2c3c(cn2C)S(=O)(=O)N[C@H]2CN(C(=O)C(=O)NC(C)C(F)(F)F)C[C@@]2(C)CO3)ccc1F. The first-order valence-electron chi connectivity index (χ1n) is 12.0. The van der Waals surface area contributed by atoms with Gasteiger partial charge in [0.25, 0.3) is 5.91 Å². The molecule has 1 aromatic carbocycles. The monoisotopic (exact) mass is 589 g/mol. The third kappa shape index (κ3) is 5.50. The van der Waals surface area contributed by atoms with Crippen molar-refractivity contribution >= 4 is 33.4 Å². The van der Waals surface area contributed by atoms with Crippen LogP contribution in [0, 0.1) is 18.2 Å². The largest absolute Gasteiger partial charge is 0.489 e. The van der Waals surface area contributed by atoms with E-state index in [1.807, 2.05) is 0 Å². The number of benzene rings is 1. The number of likely N-dealkylation sites (tertiary alicyclic amines) is 1. The average molecular weight is 590 g/mol. The first kappa shape index (κ1) is 29.3. The number of aromatic nitrogens is 1. The Morgan fingerprint density at radius 2 is 1.93 bits per heavy atom. The third-order valence-corrected chi connectivity index (χ3v) is 8.45. The fourth-order valence-electron chi connectivity index (χ4n) is 4.59. The van der Waals surface area contributed by atoms with Crippen molar-refractivity contribution in [2.75, 3.05) is 25.0 Å². The van der Waals surface area contributed by atoms with Crippen LogP contribution in [0.15, 0.2) is 29.3 Å². The summed E-state index contributed by atoms with van der Waals surface area (Å²) in [5.41, 5.74) is -0.714. The molecule has 16 heteroatoms. The highest BCUT2D eigenvalue weighted by Crippen LogP contribution is 2.39. The molecular formula is C24H27F4N5O6S. The van der Waals surface area contributed by atoms with Crippen molar-refractivity contribution in [3.05, 3.63) is 41.5 Å². The number of carbonyl (C=O) groups is 3. The second kappa shape index (κ2) is 10.1. The molecule has 0 bridgehead atoms. The first-order valence-corrected chi connectivity index (χ1v) is 13.5. The molecule has 40 heavy (non-hydrogen) atoms. The van der Waals surface area contributed by atoms with Crippen molar-refractivity contribution in [2.24, 2.45) is 12.5 Å². The van der Waals surface area contributed by atoms with E-state index >= 15 is 0 Å². The van der Waals surface area contributed by atoms with Gasteiger partial charge in [-0.15, -0.1) is 0 Å². The van der Waals surface area contributed by atoms with Gasteiger partial charge in [-0.05, 0) is 37.6 Å². The minimum atomic E-state index is -4.76. The number of hydrogen-bond donors (Lipinski definition) is 3. The van der Waals surface area contributed by atoms with Crippen LogP contribution in [0.25, 0.3) is 0 Å². The van der Waals surface area contributed by atoms with Crippen LogP contribution >= 0.6 is 0 Å². The van der Waals surface area contributed by atoms with Gasteiger partial charge in [0, 0.05) is 43.5 Å². The highest BCUT2D eigenvalue weighted by molar-refractivity contribution is 7.89. The van der Waals surface area contributed by atoms with Crippen LogP contribution in [0.5, 0.6) is 5.75 Å². The van der Waals surface area contributed by atoms with Crippen LogP contribution in [0.1, 0.15) is 29.9 Å². The van der Waals surface area contributed by atoms with E-state index < -0.39 is 57.2 Å². The Bertz CT molecular complexity index is 1490. The number of anilines is 1. The van der Waals surface area contributed by atoms with Gasteiger partial charge < -0.3 is 24.8 Å². The summed E-state index contributed by atoms with van der Waals surface area (Å²) in [6.45, 7) is 3.05. The zero-order valence-electron chi connectivity index (χ0n) is 21.8. The van der Waals surface area contributed by atoms with Crippen LogP contribution in [-0.4, -0.2) is 73.6 Å². The lowest BCUT2D eigenvalue weighted by atomic mass is 9.87. The van der Waals surface area contributed by atoms with Crippen molar-refractivity contribution in [3.8, 4) is 5.75 Å². The number of nitrogens with zero attached hydrogens (tertiary/aromatic N) is 2. The summed E-state index contributed by atoms with van der Waals surface area (Å²) >= 11 is 0. The number of hydrogen-bond acceptors (Lipinski definition) is 6. The third-order valence-electron chi connectivity index (χ3n) is 6.98. The standard InChI is InChI=1S/C24H27F4N5O6S/c1-12-7-14(5-6-15(12)25)30-20(34)18-19-16(8-32(18)4)40(37,38)31-17-9-33(10-23(17,3)11-39-19)22(36)21(35)29-13(2)24(26,27)28/h5-8,13,17,31H,9-11H2,1-4H3,(H,29,35)(H,30,34)/t13?,17-,23-/m0/s1. The quantitative estimate of drug-likeness (QED) is 0.368. The normalized spacial score (nSPS) is 22.7. The lowest BCUT2D eigenvalue weighted by Crippen LogP contribution is -2.50. The minimum absolute atomic E-state index is 0.143. The molecule has 0 saturated carbocycles. The molecular weight excluding hydrogens is 562 g/mol. The second-order valence-corrected chi connectivity index (χ2v) is 11.9. The van der Waals surface area contributed by atoms with Crippen molar-refractivity contribution in [3.63, 3.8) is 0 Å². The van der Waals surface area contributed by atoms with Gasteiger partial charge in [0.1, 0.15) is 16.8 Å². The topological polar surface area (TPSA) is 139 Å². The molecule has 4 rings (SSSR count). The van der Waals surface area contributed by atoms with Crippen molar-refractivity contribution < 1.29 is 45.1 Å². The van der Waals surface area contributed by atoms with Gasteiger partial charge in [-0.25, -0.2) is 17.5 Å². The molecule has 218 valence electrons. The van der Waals surface area contributed by atoms with Crippen molar-refractivity contribution in [1.82, 2.24) is 19.5 Å². The van der Waals surface area contributed by atoms with Crippen LogP contribution in [0.4, 0.5) is 23.2 Å². The molecule has 1 saturated heterocycles. The van der Waals surface area contributed by atoms with Crippen LogP contribution in [0.2, 0.25) is 0 Å². The Balaban J connectivity index is 1.58. The van der Waals surface area contributed by atoms with E-state index in [2.05, 4.69) is 10.0 Å². The maximum absolute atomic E-state index is 13.6. The Morgan fingerprint density at radius 3 is 2.55 bits per heavy atom. The molecule has 0 spiro atoms. The molecule has 3 amide bonds.